The molecular formula is C17H36O5S. The van der Waals surface area contributed by atoms with Gasteiger partial charge in [0.2, 0.25) is 0 Å². The van der Waals surface area contributed by atoms with Crippen LogP contribution in [0.4, 0.5) is 0 Å². The zero-order chi connectivity index (χ0) is 17.4. The summed E-state index contributed by atoms with van der Waals surface area (Å²) in [5, 5.41) is 8.98. The van der Waals surface area contributed by atoms with Gasteiger partial charge in [0.1, 0.15) is 5.75 Å². The van der Waals surface area contributed by atoms with Crippen molar-refractivity contribution in [2.45, 2.75) is 90.1 Å². The highest BCUT2D eigenvalue weighted by atomic mass is 32.2. The molecule has 0 aliphatic rings. The van der Waals surface area contributed by atoms with E-state index >= 15 is 0 Å². The third kappa shape index (κ3) is 18.0. The Balaban J connectivity index is 3.29. The third-order valence-corrected chi connectivity index (χ3v) is 4.74. The van der Waals surface area contributed by atoms with Crippen LogP contribution in [0.5, 0.6) is 0 Å². The van der Waals surface area contributed by atoms with Gasteiger partial charge in [0.15, 0.2) is 0 Å². The zero-order valence-electron chi connectivity index (χ0n) is 14.7. The molecule has 6 heteroatoms. The molecule has 0 heterocycles. The lowest BCUT2D eigenvalue weighted by Crippen LogP contribution is -2.27. The van der Waals surface area contributed by atoms with Gasteiger partial charge >= 0.3 is 0 Å². The second-order valence-corrected chi connectivity index (χ2v) is 7.81. The van der Waals surface area contributed by atoms with Crippen molar-refractivity contribution in [3.8, 4) is 0 Å². The van der Waals surface area contributed by atoms with Crippen LogP contribution in [0.25, 0.3) is 0 Å². The van der Waals surface area contributed by atoms with Crippen LogP contribution in [0, 0.1) is 0 Å². The monoisotopic (exact) mass is 352 g/mol. The smallest absolute Gasteiger partial charge is 0.267 e. The zero-order valence-corrected chi connectivity index (χ0v) is 15.5. The lowest BCUT2D eigenvalue weighted by Gasteiger charge is -2.13. The Morgan fingerprint density at radius 2 is 1.26 bits per heavy atom. The fourth-order valence-electron chi connectivity index (χ4n) is 2.58. The van der Waals surface area contributed by atoms with Crippen LogP contribution in [-0.4, -0.2) is 43.1 Å². The van der Waals surface area contributed by atoms with Crippen LogP contribution < -0.4 is 0 Å². The largest absolute Gasteiger partial charge is 0.394 e. The van der Waals surface area contributed by atoms with E-state index in [4.69, 9.17) is 14.4 Å². The van der Waals surface area contributed by atoms with E-state index in [1.165, 1.54) is 64.2 Å². The van der Waals surface area contributed by atoms with Crippen molar-refractivity contribution in [3.63, 3.8) is 0 Å². The van der Waals surface area contributed by atoms with Crippen LogP contribution in [0.2, 0.25) is 0 Å². The van der Waals surface area contributed by atoms with Crippen LogP contribution in [0.15, 0.2) is 0 Å². The van der Waals surface area contributed by atoms with Crippen molar-refractivity contribution >= 4 is 10.1 Å². The minimum absolute atomic E-state index is 0.391. The average Bonchev–Trinajstić information content (AvgIpc) is 2.49. The van der Waals surface area contributed by atoms with Crippen molar-refractivity contribution in [1.29, 1.82) is 0 Å². The topological polar surface area (TPSA) is 83.8 Å². The van der Waals surface area contributed by atoms with Crippen LogP contribution in [0.1, 0.15) is 84.0 Å². The molecule has 0 aromatic heterocycles. The minimum atomic E-state index is -4.09. The average molecular weight is 353 g/mol. The van der Waals surface area contributed by atoms with Gasteiger partial charge < -0.3 is 9.84 Å². The summed E-state index contributed by atoms with van der Waals surface area (Å²) in [4.78, 5) is 0. The lowest BCUT2D eigenvalue weighted by molar-refractivity contribution is 0.0242. The fourth-order valence-corrected chi connectivity index (χ4v) is 3.25. The van der Waals surface area contributed by atoms with Gasteiger partial charge in [0.05, 0.1) is 12.7 Å². The summed E-state index contributed by atoms with van der Waals surface area (Å²) in [6, 6.07) is 0. The quantitative estimate of drug-likeness (QED) is 0.306. The van der Waals surface area contributed by atoms with Gasteiger partial charge in [-0.3, -0.25) is 4.55 Å². The van der Waals surface area contributed by atoms with Gasteiger partial charge in [-0.15, -0.1) is 0 Å². The number of ether oxygens (including phenoxy) is 1. The molecule has 140 valence electrons. The molecule has 0 fully saturated rings. The molecule has 0 aliphatic carbocycles. The second-order valence-electron chi connectivity index (χ2n) is 6.31. The Kier molecular flexibility index (Phi) is 15.2. The van der Waals surface area contributed by atoms with Crippen molar-refractivity contribution in [1.82, 2.24) is 0 Å². The maximum Gasteiger partial charge on any atom is 0.267 e. The highest BCUT2D eigenvalue weighted by molar-refractivity contribution is 7.85. The first-order valence-electron chi connectivity index (χ1n) is 9.17. The van der Waals surface area contributed by atoms with Crippen LogP contribution in [0.3, 0.4) is 0 Å². The molecule has 0 saturated heterocycles. The Bertz CT molecular complexity index is 343. The molecule has 1 atom stereocenters. The Labute approximate surface area is 142 Å². The van der Waals surface area contributed by atoms with E-state index < -0.39 is 28.6 Å². The Hall–Kier alpha value is -0.170. The first-order valence-corrected chi connectivity index (χ1v) is 10.8. The Morgan fingerprint density at radius 1 is 0.826 bits per heavy atom. The molecule has 23 heavy (non-hydrogen) atoms. The maximum atomic E-state index is 10.7. The molecule has 0 spiro atoms. The number of unbranched alkanes of at least 4 members (excludes halogenated alkanes) is 11. The molecular weight excluding hydrogens is 316 g/mol. The van der Waals surface area contributed by atoms with Gasteiger partial charge in [0, 0.05) is 6.61 Å². The lowest BCUT2D eigenvalue weighted by atomic mass is 10.1. The normalized spacial score (nSPS) is 13.3. The number of hydrogen-bond donors (Lipinski definition) is 2. The van der Waals surface area contributed by atoms with E-state index in [1.54, 1.807) is 0 Å². The number of hydrogen-bond acceptors (Lipinski definition) is 4. The van der Waals surface area contributed by atoms with Gasteiger partial charge in [-0.2, -0.15) is 8.42 Å². The first-order chi connectivity index (χ1) is 11.0. The summed E-state index contributed by atoms with van der Waals surface area (Å²) < 4.78 is 35.4. The molecule has 0 radical (unpaired) electrons. The summed E-state index contributed by atoms with van der Waals surface area (Å²) >= 11 is 0. The predicted molar refractivity (Wildman–Crippen MR) is 94.3 cm³/mol. The molecule has 1 unspecified atom stereocenters. The molecule has 0 rings (SSSR count). The van der Waals surface area contributed by atoms with Gasteiger partial charge in [0.25, 0.3) is 10.1 Å². The SMILES string of the molecule is CCCCCCCCCCCCCCOC(CO)CS(=O)(=O)O. The summed E-state index contributed by atoms with van der Waals surface area (Å²) in [5.41, 5.74) is 0. The predicted octanol–water partition coefficient (Wildman–Crippen LogP) is 3.95. The molecule has 0 aromatic carbocycles. The molecule has 0 aromatic rings. The van der Waals surface area contributed by atoms with Crippen molar-refractivity contribution in [2.75, 3.05) is 19.0 Å². The number of aliphatic hydroxyl groups excluding tert-OH is 1. The van der Waals surface area contributed by atoms with E-state index in [9.17, 15) is 8.42 Å². The highest BCUT2D eigenvalue weighted by Crippen LogP contribution is 2.12. The summed E-state index contributed by atoms with van der Waals surface area (Å²) in [7, 11) is -4.09. The molecule has 5 nitrogen and oxygen atoms in total. The van der Waals surface area contributed by atoms with E-state index in [0.29, 0.717) is 6.61 Å². The van der Waals surface area contributed by atoms with E-state index in [1.807, 2.05) is 0 Å². The van der Waals surface area contributed by atoms with Gasteiger partial charge in [-0.25, -0.2) is 0 Å². The van der Waals surface area contributed by atoms with Crippen molar-refractivity contribution < 1.29 is 22.8 Å². The van der Waals surface area contributed by atoms with E-state index in [2.05, 4.69) is 6.92 Å². The summed E-state index contributed by atoms with van der Waals surface area (Å²) in [5.74, 6) is -0.540. The summed E-state index contributed by atoms with van der Waals surface area (Å²) in [6.07, 6.45) is 14.2. The summed E-state index contributed by atoms with van der Waals surface area (Å²) in [6.45, 7) is 2.28. The molecule has 0 aliphatic heterocycles. The minimum Gasteiger partial charge on any atom is -0.394 e. The molecule has 2 N–H and O–H groups in total. The van der Waals surface area contributed by atoms with Crippen molar-refractivity contribution in [3.05, 3.63) is 0 Å². The van der Waals surface area contributed by atoms with Crippen LogP contribution >= 0.6 is 0 Å². The van der Waals surface area contributed by atoms with E-state index in [0.717, 1.165) is 12.8 Å². The standard InChI is InChI=1S/C17H36O5S/c1-2-3-4-5-6-7-8-9-10-11-12-13-14-22-17(15-18)16-23(19,20)21/h17-18H,2-16H2,1H3,(H,19,20,21). The maximum absolute atomic E-state index is 10.7. The third-order valence-electron chi connectivity index (χ3n) is 3.95. The second kappa shape index (κ2) is 15.4. The molecule has 0 saturated carbocycles. The van der Waals surface area contributed by atoms with Gasteiger partial charge in [-0.1, -0.05) is 77.6 Å². The number of aliphatic hydroxyl groups is 1. The fraction of sp³-hybridized carbons (Fsp3) is 1.00. The van der Waals surface area contributed by atoms with Gasteiger partial charge in [-0.05, 0) is 6.42 Å². The highest BCUT2D eigenvalue weighted by Gasteiger charge is 2.16. The first kappa shape index (κ1) is 22.8. The molecule has 0 bridgehead atoms. The molecule has 0 amide bonds. The van der Waals surface area contributed by atoms with Crippen molar-refractivity contribution in [2.24, 2.45) is 0 Å². The van der Waals surface area contributed by atoms with Crippen LogP contribution in [-0.2, 0) is 14.9 Å². The van der Waals surface area contributed by atoms with E-state index in [-0.39, 0.29) is 0 Å². The Morgan fingerprint density at radius 3 is 1.65 bits per heavy atom. The number of rotatable bonds is 17.